The van der Waals surface area contributed by atoms with Gasteiger partial charge in [0.15, 0.2) is 6.29 Å². The molecule has 1 saturated heterocycles. The van der Waals surface area contributed by atoms with Gasteiger partial charge in [-0.2, -0.15) is 0 Å². The minimum absolute atomic E-state index is 0.187. The minimum Gasteiger partial charge on any atom is -0.487 e. The van der Waals surface area contributed by atoms with Crippen molar-refractivity contribution in [3.05, 3.63) is 65.9 Å². The Morgan fingerprint density at radius 2 is 2.00 bits per heavy atom. The molecule has 200 valence electrons. The van der Waals surface area contributed by atoms with Gasteiger partial charge in [0.1, 0.15) is 18.6 Å². The fourth-order valence-corrected chi connectivity index (χ4v) is 3.23. The summed E-state index contributed by atoms with van der Waals surface area (Å²) < 4.78 is 22.3. The van der Waals surface area contributed by atoms with Crippen LogP contribution < -0.4 is 10.2 Å². The fraction of sp³-hybridized carbons (Fsp3) is 0.607. The molecule has 1 aromatic heterocycles. The molecule has 2 heterocycles. The van der Waals surface area contributed by atoms with Crippen LogP contribution >= 0.6 is 0 Å². The fourth-order valence-electron chi connectivity index (χ4n) is 3.23. The molecule has 0 saturated carbocycles. The summed E-state index contributed by atoms with van der Waals surface area (Å²) in [6, 6.07) is 1.72. The first-order valence-electron chi connectivity index (χ1n) is 12.7. The summed E-state index contributed by atoms with van der Waals surface area (Å²) in [4.78, 5) is 14.5. The van der Waals surface area contributed by atoms with Gasteiger partial charge >= 0.3 is 0 Å². The highest BCUT2D eigenvalue weighted by Gasteiger charge is 2.15. The second-order valence-corrected chi connectivity index (χ2v) is 7.71. The van der Waals surface area contributed by atoms with Gasteiger partial charge in [-0.3, -0.25) is 4.79 Å². The Morgan fingerprint density at radius 3 is 2.63 bits per heavy atom. The van der Waals surface area contributed by atoms with Crippen molar-refractivity contribution < 1.29 is 23.7 Å². The molecule has 0 spiro atoms. The van der Waals surface area contributed by atoms with Crippen LogP contribution in [0.1, 0.15) is 71.5 Å². The van der Waals surface area contributed by atoms with E-state index in [9.17, 15) is 4.79 Å². The zero-order valence-electron chi connectivity index (χ0n) is 22.2. The van der Waals surface area contributed by atoms with Gasteiger partial charge in [-0.15, -0.1) is 13.2 Å². The molecule has 0 bridgehead atoms. The highest BCUT2D eigenvalue weighted by atomic mass is 16.7. The van der Waals surface area contributed by atoms with Crippen LogP contribution in [-0.4, -0.2) is 49.2 Å². The molecule has 1 N–H and O–H groups in total. The molecule has 2 atom stereocenters. The van der Waals surface area contributed by atoms with E-state index in [2.05, 4.69) is 37.3 Å². The van der Waals surface area contributed by atoms with Crippen LogP contribution in [0.2, 0.25) is 0 Å². The van der Waals surface area contributed by atoms with Gasteiger partial charge in [-0.1, -0.05) is 32.1 Å². The molecule has 0 radical (unpaired) electrons. The molecule has 7 heteroatoms. The maximum absolute atomic E-state index is 12.2. The lowest BCUT2D eigenvalue weighted by molar-refractivity contribution is -0.171. The van der Waals surface area contributed by atoms with Gasteiger partial charge in [0.05, 0.1) is 6.61 Å². The van der Waals surface area contributed by atoms with Crippen LogP contribution in [0.5, 0.6) is 5.75 Å². The largest absolute Gasteiger partial charge is 0.487 e. The van der Waals surface area contributed by atoms with Crippen LogP contribution in [0.15, 0.2) is 59.1 Å². The van der Waals surface area contributed by atoms with Gasteiger partial charge in [-0.25, -0.2) is 0 Å². The Balaban J connectivity index is 0.00000274. The zero-order chi connectivity index (χ0) is 26.3. The molecule has 0 amide bonds. The van der Waals surface area contributed by atoms with Crippen molar-refractivity contribution in [3.8, 4) is 5.75 Å². The third kappa shape index (κ3) is 14.6. The number of unbranched alkanes of at least 4 members (excludes halogenated alkanes) is 2. The topological polar surface area (TPSA) is 81.4 Å². The lowest BCUT2D eigenvalue weighted by Gasteiger charge is -2.25. The quantitative estimate of drug-likeness (QED) is 0.243. The molecular formula is C28H47NO6. The summed E-state index contributed by atoms with van der Waals surface area (Å²) in [5.41, 5.74) is -0.187. The van der Waals surface area contributed by atoms with Gasteiger partial charge < -0.3 is 28.6 Å². The first-order chi connectivity index (χ1) is 17.1. The number of aliphatic hydroxyl groups is 1. The van der Waals surface area contributed by atoms with Crippen molar-refractivity contribution in [1.29, 1.82) is 0 Å². The molecule has 1 aromatic rings. The number of hydrogen-bond donors (Lipinski definition) is 1. The van der Waals surface area contributed by atoms with E-state index in [4.69, 9.17) is 23.7 Å². The third-order valence-corrected chi connectivity index (χ3v) is 5.18. The van der Waals surface area contributed by atoms with E-state index in [1.807, 2.05) is 26.0 Å². The maximum Gasteiger partial charge on any atom is 0.227 e. The van der Waals surface area contributed by atoms with Gasteiger partial charge in [-0.05, 0) is 58.1 Å². The molecule has 2 unspecified atom stereocenters. The Labute approximate surface area is 212 Å². The van der Waals surface area contributed by atoms with Gasteiger partial charge in [0.2, 0.25) is 11.2 Å². The van der Waals surface area contributed by atoms with Crippen LogP contribution in [0.3, 0.4) is 0 Å². The summed E-state index contributed by atoms with van der Waals surface area (Å²) in [5.74, 6) is 0.722. The summed E-state index contributed by atoms with van der Waals surface area (Å²) in [6.45, 7) is 16.1. The van der Waals surface area contributed by atoms with Crippen molar-refractivity contribution in [2.45, 2.75) is 84.7 Å². The first kappa shape index (κ1) is 32.7. The Morgan fingerprint density at radius 1 is 1.23 bits per heavy atom. The van der Waals surface area contributed by atoms with E-state index in [0.29, 0.717) is 12.4 Å². The zero-order valence-corrected chi connectivity index (χ0v) is 22.2. The van der Waals surface area contributed by atoms with Crippen LogP contribution in [0.4, 0.5) is 0 Å². The van der Waals surface area contributed by atoms with E-state index in [0.717, 1.165) is 65.2 Å². The average Bonchev–Trinajstić information content (AvgIpc) is 2.91. The van der Waals surface area contributed by atoms with E-state index >= 15 is 0 Å². The molecule has 0 aliphatic carbocycles. The predicted molar refractivity (Wildman–Crippen MR) is 143 cm³/mol. The normalized spacial score (nSPS) is 15.7. The Kier molecular flexibility index (Phi) is 20.6. The lowest BCUT2D eigenvalue weighted by Crippen LogP contribution is -2.27. The molecule has 1 fully saturated rings. The second-order valence-electron chi connectivity index (χ2n) is 7.71. The summed E-state index contributed by atoms with van der Waals surface area (Å²) in [7, 11) is 1.00. The molecule has 2 rings (SSSR count). The van der Waals surface area contributed by atoms with E-state index in [1.165, 1.54) is 12.3 Å². The molecule has 35 heavy (non-hydrogen) atoms. The summed E-state index contributed by atoms with van der Waals surface area (Å²) in [5, 5.41) is 7.00. The Bertz CT molecular complexity index is 739. The number of rotatable bonds is 15. The Hall–Kier alpha value is -2.35. The van der Waals surface area contributed by atoms with Crippen molar-refractivity contribution in [3.63, 3.8) is 0 Å². The number of hydrogen-bond acceptors (Lipinski definition) is 7. The van der Waals surface area contributed by atoms with Crippen LogP contribution in [0.25, 0.3) is 0 Å². The number of ether oxygens (including phenoxy) is 3. The molecule has 0 aromatic carbocycles. The maximum atomic E-state index is 12.2. The SMILES string of the molecule is C=CC/C=C\N(CCCCCOc1coc(COC2CCCCO2)cc1=O)C(C)C=C.CC.CO. The van der Waals surface area contributed by atoms with E-state index < -0.39 is 0 Å². The van der Waals surface area contributed by atoms with Crippen molar-refractivity contribution in [2.75, 3.05) is 26.9 Å². The molecule has 1 aliphatic heterocycles. The molecule has 1 aliphatic rings. The monoisotopic (exact) mass is 493 g/mol. The number of allylic oxidation sites excluding steroid dienone is 2. The summed E-state index contributed by atoms with van der Waals surface area (Å²) in [6.07, 6.45) is 16.0. The minimum atomic E-state index is -0.210. The van der Waals surface area contributed by atoms with Crippen molar-refractivity contribution >= 4 is 0 Å². The van der Waals surface area contributed by atoms with E-state index in [1.54, 1.807) is 0 Å². The van der Waals surface area contributed by atoms with Crippen LogP contribution in [-0.2, 0) is 16.1 Å². The van der Waals surface area contributed by atoms with E-state index in [-0.39, 0.29) is 30.1 Å². The summed E-state index contributed by atoms with van der Waals surface area (Å²) >= 11 is 0. The van der Waals surface area contributed by atoms with Crippen molar-refractivity contribution in [1.82, 2.24) is 4.90 Å². The molecular weight excluding hydrogens is 446 g/mol. The lowest BCUT2D eigenvalue weighted by atomic mass is 10.2. The third-order valence-electron chi connectivity index (χ3n) is 5.18. The smallest absolute Gasteiger partial charge is 0.227 e. The van der Waals surface area contributed by atoms with Gasteiger partial charge in [0.25, 0.3) is 0 Å². The highest BCUT2D eigenvalue weighted by Crippen LogP contribution is 2.16. The highest BCUT2D eigenvalue weighted by molar-refractivity contribution is 5.17. The number of aliphatic hydroxyl groups excluding tert-OH is 1. The number of nitrogens with zero attached hydrogens (tertiary/aromatic N) is 1. The van der Waals surface area contributed by atoms with Gasteiger partial charge in [0, 0.05) is 32.4 Å². The standard InChI is InChI=1S/C25H37NO5.C2H6.CH4O/c1-4-6-9-14-26(21(3)5-2)15-10-7-11-16-28-24-20-30-22(18-23(24)27)19-31-25-13-8-12-17-29-25;2*1-2/h4-5,9,14,18,20-21,25H,1-2,6-8,10-13,15-17,19H2,3H3;1-2H3;2H,1H3/b14-9-;;. The molecule has 7 nitrogen and oxygen atoms in total. The van der Waals surface area contributed by atoms with Crippen LogP contribution in [0, 0.1) is 0 Å². The average molecular weight is 494 g/mol. The second kappa shape index (κ2) is 22.1. The van der Waals surface area contributed by atoms with Crippen molar-refractivity contribution in [2.24, 2.45) is 0 Å². The first-order valence-corrected chi connectivity index (χ1v) is 12.7. The predicted octanol–water partition coefficient (Wildman–Crippen LogP) is 5.83.